The smallest absolute Gasteiger partial charge is 0.270 e. The lowest BCUT2D eigenvalue weighted by atomic mass is 10.1. The maximum Gasteiger partial charge on any atom is 0.270 e. The zero-order valence-electron chi connectivity index (χ0n) is 12.3. The first-order chi connectivity index (χ1) is 9.90. The Balaban J connectivity index is 2.91. The van der Waals surface area contributed by atoms with Crippen molar-refractivity contribution in [2.75, 3.05) is 19.7 Å². The Morgan fingerprint density at radius 2 is 1.90 bits per heavy atom. The molecule has 0 fully saturated rings. The van der Waals surface area contributed by atoms with Crippen LogP contribution >= 0.6 is 0 Å². The largest absolute Gasteiger partial charge is 0.483 e. The molecule has 0 N–H and O–H groups in total. The molecule has 0 saturated heterocycles. The van der Waals surface area contributed by atoms with Crippen LogP contribution in [0.15, 0.2) is 18.2 Å². The fraction of sp³-hybridized carbons (Fsp3) is 0.429. The third-order valence-electron chi connectivity index (χ3n) is 3.02. The van der Waals surface area contributed by atoms with Crippen LogP contribution in [0.1, 0.15) is 31.1 Å². The van der Waals surface area contributed by atoms with Gasteiger partial charge in [0, 0.05) is 25.2 Å². The number of nitro benzene ring substituents is 1. The second kappa shape index (κ2) is 7.37. The fourth-order valence-electron chi connectivity index (χ4n) is 1.84. The van der Waals surface area contributed by atoms with E-state index in [1.165, 1.54) is 19.1 Å². The van der Waals surface area contributed by atoms with E-state index in [2.05, 4.69) is 0 Å². The summed E-state index contributed by atoms with van der Waals surface area (Å²) in [4.78, 5) is 35.1. The average Bonchev–Trinajstić information content (AvgIpc) is 2.45. The molecule has 0 aliphatic rings. The molecule has 0 heterocycles. The van der Waals surface area contributed by atoms with E-state index in [1.54, 1.807) is 4.90 Å². The van der Waals surface area contributed by atoms with Crippen molar-refractivity contribution < 1.29 is 19.2 Å². The molecule has 0 saturated carbocycles. The number of Topliss-reactive ketones (excluding diaryl/α,β-unsaturated/α-hetero) is 1. The number of carbonyl (C=O) groups is 2. The Morgan fingerprint density at radius 3 is 2.38 bits per heavy atom. The molecule has 0 aliphatic carbocycles. The molecular weight excluding hydrogens is 276 g/mol. The maximum absolute atomic E-state index is 11.8. The van der Waals surface area contributed by atoms with Crippen molar-refractivity contribution in [1.29, 1.82) is 0 Å². The SMILES string of the molecule is CCN(CC)C(=O)COc1ccc([N+](=O)[O-])cc1C(C)=O. The van der Waals surface area contributed by atoms with Gasteiger partial charge in [-0.1, -0.05) is 0 Å². The van der Waals surface area contributed by atoms with E-state index in [4.69, 9.17) is 4.74 Å². The van der Waals surface area contributed by atoms with Gasteiger partial charge in [0.25, 0.3) is 11.6 Å². The second-order valence-electron chi connectivity index (χ2n) is 4.35. The summed E-state index contributed by atoms with van der Waals surface area (Å²) in [7, 11) is 0. The van der Waals surface area contributed by atoms with E-state index in [0.717, 1.165) is 6.07 Å². The summed E-state index contributed by atoms with van der Waals surface area (Å²) in [6, 6.07) is 3.73. The van der Waals surface area contributed by atoms with Gasteiger partial charge in [0.1, 0.15) is 5.75 Å². The molecule has 7 nitrogen and oxygen atoms in total. The molecule has 0 bridgehead atoms. The minimum absolute atomic E-state index is 0.0940. The topological polar surface area (TPSA) is 89.8 Å². The summed E-state index contributed by atoms with van der Waals surface area (Å²) in [6.45, 7) is 5.93. The molecule has 0 aromatic heterocycles. The van der Waals surface area contributed by atoms with Gasteiger partial charge in [-0.2, -0.15) is 0 Å². The highest BCUT2D eigenvalue weighted by molar-refractivity contribution is 5.97. The molecular formula is C14H18N2O5. The molecule has 0 aliphatic heterocycles. The van der Waals surface area contributed by atoms with E-state index in [-0.39, 0.29) is 35.3 Å². The predicted molar refractivity (Wildman–Crippen MR) is 76.5 cm³/mol. The number of benzene rings is 1. The molecule has 1 aromatic rings. The summed E-state index contributed by atoms with van der Waals surface area (Å²) >= 11 is 0. The second-order valence-corrected chi connectivity index (χ2v) is 4.35. The molecule has 0 radical (unpaired) electrons. The summed E-state index contributed by atoms with van der Waals surface area (Å²) in [6.07, 6.45) is 0. The van der Waals surface area contributed by atoms with Gasteiger partial charge in [-0.25, -0.2) is 0 Å². The van der Waals surface area contributed by atoms with Gasteiger partial charge < -0.3 is 9.64 Å². The summed E-state index contributed by atoms with van der Waals surface area (Å²) < 4.78 is 5.34. The van der Waals surface area contributed by atoms with Crippen molar-refractivity contribution in [3.63, 3.8) is 0 Å². The number of likely N-dealkylation sites (N-methyl/N-ethyl adjacent to an activating group) is 1. The average molecular weight is 294 g/mol. The van der Waals surface area contributed by atoms with E-state index in [9.17, 15) is 19.7 Å². The van der Waals surface area contributed by atoms with Crippen LogP contribution in [0.3, 0.4) is 0 Å². The Bertz CT molecular complexity index is 552. The van der Waals surface area contributed by atoms with Crippen LogP contribution in [0.25, 0.3) is 0 Å². The van der Waals surface area contributed by atoms with Crippen LogP contribution in [0.4, 0.5) is 5.69 Å². The molecule has 1 rings (SSSR count). The van der Waals surface area contributed by atoms with Crippen molar-refractivity contribution in [3.05, 3.63) is 33.9 Å². The van der Waals surface area contributed by atoms with Gasteiger partial charge in [0.05, 0.1) is 10.5 Å². The third-order valence-corrected chi connectivity index (χ3v) is 3.02. The quantitative estimate of drug-likeness (QED) is 0.436. The Kier molecular flexibility index (Phi) is 5.83. The predicted octanol–water partition coefficient (Wildman–Crippen LogP) is 2.04. The highest BCUT2D eigenvalue weighted by Gasteiger charge is 2.17. The van der Waals surface area contributed by atoms with Crippen molar-refractivity contribution in [3.8, 4) is 5.75 Å². The summed E-state index contributed by atoms with van der Waals surface area (Å²) in [5.74, 6) is -0.384. The van der Waals surface area contributed by atoms with Gasteiger partial charge in [-0.15, -0.1) is 0 Å². The lowest BCUT2D eigenvalue weighted by Gasteiger charge is -2.19. The van der Waals surface area contributed by atoms with Gasteiger partial charge in [0.15, 0.2) is 12.4 Å². The minimum atomic E-state index is -0.586. The lowest BCUT2D eigenvalue weighted by molar-refractivity contribution is -0.384. The van der Waals surface area contributed by atoms with Gasteiger partial charge in [0.2, 0.25) is 0 Å². The van der Waals surface area contributed by atoms with E-state index in [1.807, 2.05) is 13.8 Å². The van der Waals surface area contributed by atoms with Crippen LogP contribution < -0.4 is 4.74 Å². The normalized spacial score (nSPS) is 10.0. The number of amides is 1. The molecule has 21 heavy (non-hydrogen) atoms. The number of carbonyl (C=O) groups excluding carboxylic acids is 2. The number of non-ortho nitro benzene ring substituents is 1. The molecule has 0 atom stereocenters. The van der Waals surface area contributed by atoms with Crippen molar-refractivity contribution in [2.45, 2.75) is 20.8 Å². The van der Waals surface area contributed by atoms with Crippen molar-refractivity contribution in [2.24, 2.45) is 0 Å². The summed E-state index contributed by atoms with van der Waals surface area (Å²) in [5.41, 5.74) is -0.0980. The van der Waals surface area contributed by atoms with Crippen LogP contribution in [-0.2, 0) is 4.79 Å². The fourth-order valence-corrected chi connectivity index (χ4v) is 1.84. The van der Waals surface area contributed by atoms with Gasteiger partial charge in [-0.3, -0.25) is 19.7 Å². The number of ketones is 1. The van der Waals surface area contributed by atoms with Crippen LogP contribution in [0, 0.1) is 10.1 Å². The van der Waals surface area contributed by atoms with Crippen LogP contribution in [0.5, 0.6) is 5.75 Å². The Hall–Kier alpha value is -2.44. The first-order valence-corrected chi connectivity index (χ1v) is 6.60. The highest BCUT2D eigenvalue weighted by Crippen LogP contribution is 2.24. The van der Waals surface area contributed by atoms with Gasteiger partial charge in [-0.05, 0) is 26.8 Å². The molecule has 0 unspecified atom stereocenters. The van der Waals surface area contributed by atoms with Crippen LogP contribution in [-0.4, -0.2) is 41.2 Å². The Morgan fingerprint density at radius 1 is 1.29 bits per heavy atom. The first-order valence-electron chi connectivity index (χ1n) is 6.60. The Labute approximate surface area is 122 Å². The highest BCUT2D eigenvalue weighted by atomic mass is 16.6. The number of ether oxygens (including phenoxy) is 1. The monoisotopic (exact) mass is 294 g/mol. The van der Waals surface area contributed by atoms with E-state index < -0.39 is 4.92 Å². The number of hydrogen-bond acceptors (Lipinski definition) is 5. The van der Waals surface area contributed by atoms with Crippen LogP contribution in [0.2, 0.25) is 0 Å². The van der Waals surface area contributed by atoms with E-state index in [0.29, 0.717) is 13.1 Å². The molecule has 1 amide bonds. The zero-order valence-corrected chi connectivity index (χ0v) is 12.3. The zero-order chi connectivity index (χ0) is 16.0. The third kappa shape index (κ3) is 4.27. The standard InChI is InChI=1S/C14H18N2O5/c1-4-15(5-2)14(18)9-21-13-7-6-11(16(19)20)8-12(13)10(3)17/h6-8H,4-5,9H2,1-3H3. The summed E-state index contributed by atoms with van der Waals surface area (Å²) in [5, 5.41) is 10.7. The van der Waals surface area contributed by atoms with Gasteiger partial charge >= 0.3 is 0 Å². The first kappa shape index (κ1) is 16.6. The number of nitro groups is 1. The van der Waals surface area contributed by atoms with Crippen molar-refractivity contribution >= 4 is 17.4 Å². The lowest BCUT2D eigenvalue weighted by Crippen LogP contribution is -2.34. The van der Waals surface area contributed by atoms with E-state index >= 15 is 0 Å². The molecule has 7 heteroatoms. The number of hydrogen-bond donors (Lipinski definition) is 0. The number of nitrogens with zero attached hydrogens (tertiary/aromatic N) is 2. The minimum Gasteiger partial charge on any atom is -0.483 e. The maximum atomic E-state index is 11.8. The molecule has 0 spiro atoms. The molecule has 1 aromatic carbocycles. The number of rotatable bonds is 7. The van der Waals surface area contributed by atoms with Crippen molar-refractivity contribution in [1.82, 2.24) is 4.90 Å². The molecule has 114 valence electrons.